The van der Waals surface area contributed by atoms with Crippen LogP contribution < -0.4 is 0 Å². The van der Waals surface area contributed by atoms with Crippen molar-refractivity contribution < 1.29 is 22.3 Å². The maximum Gasteiger partial charge on any atom is 0.424 e. The van der Waals surface area contributed by atoms with Gasteiger partial charge in [-0.1, -0.05) is 56.2 Å². The van der Waals surface area contributed by atoms with E-state index in [4.69, 9.17) is 4.74 Å². The largest absolute Gasteiger partial charge is 0.443 e. The summed E-state index contributed by atoms with van der Waals surface area (Å²) in [5.74, 6) is 0. The van der Waals surface area contributed by atoms with Gasteiger partial charge in [-0.2, -0.15) is 0 Å². The summed E-state index contributed by atoms with van der Waals surface area (Å²) in [7, 11) is -3.98. The lowest BCUT2D eigenvalue weighted by Crippen LogP contribution is -2.41. The fourth-order valence-electron chi connectivity index (χ4n) is 3.02. The van der Waals surface area contributed by atoms with Gasteiger partial charge in [0.1, 0.15) is 5.60 Å². The molecule has 0 saturated carbocycles. The van der Waals surface area contributed by atoms with Crippen LogP contribution in [0.1, 0.15) is 84.6 Å². The van der Waals surface area contributed by atoms with Gasteiger partial charge < -0.3 is 4.74 Å². The van der Waals surface area contributed by atoms with Crippen molar-refractivity contribution in [2.45, 2.75) is 103 Å². The number of rotatable bonds is 12. The minimum absolute atomic E-state index is 0.0843. The minimum atomic E-state index is -3.98. The summed E-state index contributed by atoms with van der Waals surface area (Å²) in [6.45, 7) is 8.69. The number of nitrogens with zero attached hydrogens (tertiary/aromatic N) is 1. The Labute approximate surface area is 182 Å². The van der Waals surface area contributed by atoms with Crippen molar-refractivity contribution in [3.05, 3.63) is 29.8 Å². The van der Waals surface area contributed by atoms with Crippen molar-refractivity contribution >= 4 is 16.1 Å². The molecule has 0 radical (unpaired) electrons. The molecule has 1 unspecified atom stereocenters. The highest BCUT2D eigenvalue weighted by Gasteiger charge is 2.32. The first kappa shape index (κ1) is 26.4. The Hall–Kier alpha value is -1.63. The Kier molecular flexibility index (Phi) is 10.8. The number of halogens is 1. The van der Waals surface area contributed by atoms with Crippen LogP contribution in [0, 0.1) is 6.92 Å². The van der Waals surface area contributed by atoms with Crippen LogP contribution in [-0.4, -0.2) is 37.1 Å². The predicted molar refractivity (Wildman–Crippen MR) is 119 cm³/mol. The summed E-state index contributed by atoms with van der Waals surface area (Å²) < 4.78 is 45.1. The van der Waals surface area contributed by atoms with Crippen LogP contribution in [0.5, 0.6) is 0 Å². The first-order valence-electron chi connectivity index (χ1n) is 10.9. The summed E-state index contributed by atoms with van der Waals surface area (Å²) >= 11 is 0. The van der Waals surface area contributed by atoms with E-state index >= 15 is 0 Å². The Bertz CT molecular complexity index is 739. The predicted octanol–water partition coefficient (Wildman–Crippen LogP) is 6.40. The van der Waals surface area contributed by atoms with Crippen molar-refractivity contribution in [2.75, 3.05) is 6.54 Å². The molecule has 1 atom stereocenters. The first-order chi connectivity index (χ1) is 13.9. The summed E-state index contributed by atoms with van der Waals surface area (Å²) in [5.41, 5.74) is 0.161. The van der Waals surface area contributed by atoms with Crippen LogP contribution in [0.2, 0.25) is 0 Å². The normalized spacial score (nSPS) is 13.1. The summed E-state index contributed by atoms with van der Waals surface area (Å²) in [4.78, 5) is 12.7. The van der Waals surface area contributed by atoms with E-state index in [2.05, 4.69) is 0 Å². The number of aryl methyl sites for hydroxylation is 1. The van der Waals surface area contributed by atoms with Gasteiger partial charge in [0.25, 0.3) is 10.0 Å². The average Bonchev–Trinajstić information content (AvgIpc) is 2.61. The van der Waals surface area contributed by atoms with Crippen LogP contribution >= 0.6 is 0 Å². The standard InChI is InChI=1S/C23H38FNO4S/c1-19-14-16-21(17-15-19)30(27,28)25(22(26)29-23(3,4)5)18-12-10-8-6-7-9-11-13-20(2)24/h14-17,20H,6-13,18H2,1-5H3. The molecule has 1 aromatic carbocycles. The molecule has 0 N–H and O–H groups in total. The fraction of sp³-hybridized carbons (Fsp3) is 0.696. The molecule has 7 heteroatoms. The second kappa shape index (κ2) is 12.3. The zero-order valence-electron chi connectivity index (χ0n) is 19.1. The molecule has 172 valence electrons. The fourth-order valence-corrected chi connectivity index (χ4v) is 4.36. The Morgan fingerprint density at radius 1 is 1.00 bits per heavy atom. The number of benzene rings is 1. The van der Waals surface area contributed by atoms with E-state index in [9.17, 15) is 17.6 Å². The van der Waals surface area contributed by atoms with Crippen molar-refractivity contribution in [2.24, 2.45) is 0 Å². The van der Waals surface area contributed by atoms with Gasteiger partial charge in [0, 0.05) is 6.54 Å². The first-order valence-corrected chi connectivity index (χ1v) is 12.3. The van der Waals surface area contributed by atoms with Gasteiger partial charge in [0.05, 0.1) is 11.1 Å². The quantitative estimate of drug-likeness (QED) is 0.351. The Balaban J connectivity index is 2.65. The van der Waals surface area contributed by atoms with Crippen molar-refractivity contribution in [1.82, 2.24) is 4.31 Å². The molecule has 30 heavy (non-hydrogen) atoms. The zero-order valence-corrected chi connectivity index (χ0v) is 19.9. The van der Waals surface area contributed by atoms with Crippen LogP contribution in [0.25, 0.3) is 0 Å². The van der Waals surface area contributed by atoms with Crippen LogP contribution in [0.3, 0.4) is 0 Å². The number of hydrogen-bond acceptors (Lipinski definition) is 4. The number of unbranched alkanes of at least 4 members (excludes halogenated alkanes) is 6. The molecule has 1 rings (SSSR count). The van der Waals surface area contributed by atoms with E-state index in [1.54, 1.807) is 39.8 Å². The number of carbonyl (C=O) groups is 1. The van der Waals surface area contributed by atoms with Crippen molar-refractivity contribution in [1.29, 1.82) is 0 Å². The number of ether oxygens (including phenoxy) is 1. The smallest absolute Gasteiger partial charge is 0.424 e. The molecule has 1 aromatic rings. The molecule has 0 aliphatic rings. The van der Waals surface area contributed by atoms with E-state index < -0.39 is 27.9 Å². The number of amides is 1. The van der Waals surface area contributed by atoms with Crippen molar-refractivity contribution in [3.8, 4) is 0 Å². The van der Waals surface area contributed by atoms with Crippen LogP contribution in [0.4, 0.5) is 9.18 Å². The molecule has 0 aromatic heterocycles. The summed E-state index contributed by atoms with van der Waals surface area (Å²) in [6.07, 6.45) is 5.37. The van der Waals surface area contributed by atoms with Gasteiger partial charge >= 0.3 is 6.09 Å². The topological polar surface area (TPSA) is 63.7 Å². The van der Waals surface area contributed by atoms with E-state index in [0.29, 0.717) is 12.8 Å². The van der Waals surface area contributed by atoms with Gasteiger partial charge in [-0.15, -0.1) is 0 Å². The number of hydrogen-bond donors (Lipinski definition) is 0. The summed E-state index contributed by atoms with van der Waals surface area (Å²) in [6, 6.07) is 6.45. The molecule has 0 spiro atoms. The van der Waals surface area contributed by atoms with Gasteiger partial charge in [0.15, 0.2) is 0 Å². The van der Waals surface area contributed by atoms with Crippen LogP contribution in [0.15, 0.2) is 29.2 Å². The Morgan fingerprint density at radius 3 is 2.00 bits per heavy atom. The molecule has 0 fully saturated rings. The Morgan fingerprint density at radius 2 is 1.50 bits per heavy atom. The highest BCUT2D eigenvalue weighted by molar-refractivity contribution is 7.89. The van der Waals surface area contributed by atoms with Crippen LogP contribution in [-0.2, 0) is 14.8 Å². The SMILES string of the molecule is Cc1ccc(S(=O)(=O)N(CCCCCCCCCC(C)F)C(=O)OC(C)(C)C)cc1. The molecule has 0 aliphatic carbocycles. The van der Waals surface area contributed by atoms with E-state index in [1.165, 1.54) is 12.1 Å². The number of carbonyl (C=O) groups excluding carboxylic acids is 1. The lowest BCUT2D eigenvalue weighted by atomic mass is 10.1. The maximum atomic E-state index is 13.1. The molecule has 0 bridgehead atoms. The van der Waals surface area contributed by atoms with Gasteiger partial charge in [-0.05, 0) is 59.6 Å². The van der Waals surface area contributed by atoms with Gasteiger partial charge in [0.2, 0.25) is 0 Å². The van der Waals surface area contributed by atoms with E-state index in [-0.39, 0.29) is 11.4 Å². The molecule has 0 aliphatic heterocycles. The van der Waals surface area contributed by atoms with E-state index in [1.807, 2.05) is 6.92 Å². The monoisotopic (exact) mass is 443 g/mol. The number of alkyl halides is 1. The third kappa shape index (κ3) is 9.92. The molecular weight excluding hydrogens is 405 g/mol. The van der Waals surface area contributed by atoms with Crippen molar-refractivity contribution in [3.63, 3.8) is 0 Å². The lowest BCUT2D eigenvalue weighted by molar-refractivity contribution is 0.0389. The second-order valence-electron chi connectivity index (χ2n) is 8.91. The lowest BCUT2D eigenvalue weighted by Gasteiger charge is -2.27. The average molecular weight is 444 g/mol. The number of sulfonamides is 1. The highest BCUT2D eigenvalue weighted by atomic mass is 32.2. The molecule has 0 heterocycles. The second-order valence-corrected chi connectivity index (χ2v) is 10.8. The molecule has 5 nitrogen and oxygen atoms in total. The molecular formula is C23H38FNO4S. The van der Waals surface area contributed by atoms with E-state index in [0.717, 1.165) is 48.4 Å². The third-order valence-electron chi connectivity index (χ3n) is 4.67. The molecule has 1 amide bonds. The third-order valence-corrected chi connectivity index (χ3v) is 6.45. The molecule has 0 saturated heterocycles. The highest BCUT2D eigenvalue weighted by Crippen LogP contribution is 2.21. The maximum absolute atomic E-state index is 13.1. The summed E-state index contributed by atoms with van der Waals surface area (Å²) in [5, 5.41) is 0. The zero-order chi connectivity index (χ0) is 22.8. The van der Waals surface area contributed by atoms with Gasteiger partial charge in [-0.25, -0.2) is 21.9 Å². The minimum Gasteiger partial charge on any atom is -0.443 e. The van der Waals surface area contributed by atoms with Gasteiger partial charge in [-0.3, -0.25) is 0 Å².